The molecule has 1 aromatic rings. The molecule has 1 fully saturated rings. The Hall–Kier alpha value is -0.800. The summed E-state index contributed by atoms with van der Waals surface area (Å²) in [6.45, 7) is 4.91. The molecule has 1 aromatic heterocycles. The summed E-state index contributed by atoms with van der Waals surface area (Å²) in [6.07, 6.45) is 4.42. The van der Waals surface area contributed by atoms with E-state index in [1.807, 2.05) is 13.0 Å². The van der Waals surface area contributed by atoms with Gasteiger partial charge in [0, 0.05) is 18.7 Å². The van der Waals surface area contributed by atoms with Gasteiger partial charge in [0.25, 0.3) is 0 Å². The summed E-state index contributed by atoms with van der Waals surface area (Å²) in [6, 6.07) is 2.00. The predicted molar refractivity (Wildman–Crippen MR) is 53.8 cm³/mol. The Bertz CT molecular complexity index is 269. The van der Waals surface area contributed by atoms with Crippen LogP contribution < -0.4 is 0 Å². The standard InChI is InChI=1S/C11H17NO2/c1-9(13)11-2-4-12(7-11)6-10-3-5-14-8-10/h3,5,8-9,11,13H,2,4,6-7H2,1H3. The van der Waals surface area contributed by atoms with Crippen molar-refractivity contribution in [3.63, 3.8) is 0 Å². The number of nitrogens with zero attached hydrogens (tertiary/aromatic N) is 1. The molecule has 3 nitrogen and oxygen atoms in total. The van der Waals surface area contributed by atoms with Crippen molar-refractivity contribution in [2.75, 3.05) is 13.1 Å². The highest BCUT2D eigenvalue weighted by atomic mass is 16.3. The fourth-order valence-electron chi connectivity index (χ4n) is 2.04. The van der Waals surface area contributed by atoms with Crippen molar-refractivity contribution in [1.82, 2.24) is 4.90 Å². The van der Waals surface area contributed by atoms with E-state index < -0.39 is 0 Å². The second kappa shape index (κ2) is 4.15. The van der Waals surface area contributed by atoms with Gasteiger partial charge in [0.15, 0.2) is 0 Å². The second-order valence-corrected chi connectivity index (χ2v) is 4.16. The van der Waals surface area contributed by atoms with Crippen molar-refractivity contribution in [3.05, 3.63) is 24.2 Å². The molecule has 0 saturated carbocycles. The van der Waals surface area contributed by atoms with E-state index in [-0.39, 0.29) is 6.10 Å². The Morgan fingerprint density at radius 2 is 2.57 bits per heavy atom. The van der Waals surface area contributed by atoms with E-state index in [1.165, 1.54) is 5.56 Å². The number of aliphatic hydroxyl groups is 1. The smallest absolute Gasteiger partial charge is 0.0947 e. The van der Waals surface area contributed by atoms with Crippen LogP contribution in [0.1, 0.15) is 18.9 Å². The number of aliphatic hydroxyl groups excluding tert-OH is 1. The van der Waals surface area contributed by atoms with Crippen molar-refractivity contribution in [2.45, 2.75) is 26.0 Å². The maximum Gasteiger partial charge on any atom is 0.0947 e. The van der Waals surface area contributed by atoms with E-state index >= 15 is 0 Å². The first-order valence-corrected chi connectivity index (χ1v) is 5.17. The van der Waals surface area contributed by atoms with Crippen molar-refractivity contribution >= 4 is 0 Å². The highest BCUT2D eigenvalue weighted by Gasteiger charge is 2.25. The molecule has 1 aliphatic rings. The van der Waals surface area contributed by atoms with Crippen LogP contribution in [0.5, 0.6) is 0 Å². The van der Waals surface area contributed by atoms with Gasteiger partial charge in [-0.1, -0.05) is 0 Å². The molecule has 1 N–H and O–H groups in total. The van der Waals surface area contributed by atoms with E-state index in [0.29, 0.717) is 5.92 Å². The minimum atomic E-state index is -0.177. The van der Waals surface area contributed by atoms with Crippen LogP contribution >= 0.6 is 0 Å². The molecule has 0 aliphatic carbocycles. The van der Waals surface area contributed by atoms with Crippen LogP contribution in [0.15, 0.2) is 23.0 Å². The summed E-state index contributed by atoms with van der Waals surface area (Å²) in [5, 5.41) is 9.45. The molecular formula is C11H17NO2. The Morgan fingerprint density at radius 1 is 1.71 bits per heavy atom. The fraction of sp³-hybridized carbons (Fsp3) is 0.636. The SMILES string of the molecule is CC(O)C1CCN(Cc2ccoc2)C1. The van der Waals surface area contributed by atoms with E-state index in [4.69, 9.17) is 4.42 Å². The van der Waals surface area contributed by atoms with E-state index in [0.717, 1.165) is 26.1 Å². The Morgan fingerprint density at radius 3 is 3.14 bits per heavy atom. The maximum absolute atomic E-state index is 9.45. The molecule has 14 heavy (non-hydrogen) atoms. The van der Waals surface area contributed by atoms with Crippen molar-refractivity contribution in [3.8, 4) is 0 Å². The van der Waals surface area contributed by atoms with Crippen LogP contribution in [-0.4, -0.2) is 29.2 Å². The third-order valence-electron chi connectivity index (χ3n) is 2.98. The summed E-state index contributed by atoms with van der Waals surface area (Å²) in [4.78, 5) is 2.36. The van der Waals surface area contributed by atoms with Crippen LogP contribution in [0.25, 0.3) is 0 Å². The van der Waals surface area contributed by atoms with Gasteiger partial charge in [0.1, 0.15) is 0 Å². The van der Waals surface area contributed by atoms with Crippen molar-refractivity contribution < 1.29 is 9.52 Å². The molecule has 0 radical (unpaired) electrons. The molecule has 0 aromatic carbocycles. The fourth-order valence-corrected chi connectivity index (χ4v) is 2.04. The summed E-state index contributed by atoms with van der Waals surface area (Å²) < 4.78 is 5.02. The zero-order valence-electron chi connectivity index (χ0n) is 8.52. The highest BCUT2D eigenvalue weighted by molar-refractivity contribution is 5.05. The van der Waals surface area contributed by atoms with Gasteiger partial charge in [0.2, 0.25) is 0 Å². The second-order valence-electron chi connectivity index (χ2n) is 4.16. The molecule has 0 amide bonds. The zero-order chi connectivity index (χ0) is 9.97. The van der Waals surface area contributed by atoms with Crippen LogP contribution in [-0.2, 0) is 6.54 Å². The number of hydrogen-bond acceptors (Lipinski definition) is 3. The lowest BCUT2D eigenvalue weighted by molar-refractivity contribution is 0.127. The Labute approximate surface area is 84.3 Å². The van der Waals surface area contributed by atoms with Crippen molar-refractivity contribution in [2.24, 2.45) is 5.92 Å². The normalized spacial score (nSPS) is 25.4. The summed E-state index contributed by atoms with van der Waals surface area (Å²) in [5.41, 5.74) is 1.22. The van der Waals surface area contributed by atoms with Gasteiger partial charge in [0.05, 0.1) is 18.6 Å². The molecule has 0 spiro atoms. The van der Waals surface area contributed by atoms with Gasteiger partial charge in [-0.2, -0.15) is 0 Å². The van der Waals surface area contributed by atoms with Gasteiger partial charge < -0.3 is 9.52 Å². The molecule has 0 bridgehead atoms. The third-order valence-corrected chi connectivity index (χ3v) is 2.98. The van der Waals surface area contributed by atoms with Gasteiger partial charge >= 0.3 is 0 Å². The van der Waals surface area contributed by atoms with E-state index in [2.05, 4.69) is 4.90 Å². The van der Waals surface area contributed by atoms with Gasteiger partial charge in [-0.15, -0.1) is 0 Å². The molecule has 2 atom stereocenters. The first-order valence-electron chi connectivity index (χ1n) is 5.17. The molecule has 3 heteroatoms. The van der Waals surface area contributed by atoms with Gasteiger partial charge in [-0.3, -0.25) is 4.90 Å². The van der Waals surface area contributed by atoms with Crippen LogP contribution in [0.3, 0.4) is 0 Å². The summed E-state index contributed by atoms with van der Waals surface area (Å²) in [5.74, 6) is 0.446. The summed E-state index contributed by atoms with van der Waals surface area (Å²) in [7, 11) is 0. The lowest BCUT2D eigenvalue weighted by Gasteiger charge is -2.16. The van der Waals surface area contributed by atoms with Crippen molar-refractivity contribution in [1.29, 1.82) is 0 Å². The number of likely N-dealkylation sites (tertiary alicyclic amines) is 1. The van der Waals surface area contributed by atoms with Gasteiger partial charge in [-0.25, -0.2) is 0 Å². The molecule has 78 valence electrons. The monoisotopic (exact) mass is 195 g/mol. The molecular weight excluding hydrogens is 178 g/mol. The average Bonchev–Trinajstić information content (AvgIpc) is 2.75. The lowest BCUT2D eigenvalue weighted by atomic mass is 10.0. The van der Waals surface area contributed by atoms with Crippen LogP contribution in [0.4, 0.5) is 0 Å². The first kappa shape index (κ1) is 9.74. The molecule has 1 aliphatic heterocycles. The minimum Gasteiger partial charge on any atom is -0.472 e. The van der Waals surface area contributed by atoms with E-state index in [9.17, 15) is 5.11 Å². The first-order chi connectivity index (χ1) is 6.75. The molecule has 2 unspecified atom stereocenters. The van der Waals surface area contributed by atoms with E-state index in [1.54, 1.807) is 12.5 Å². The quantitative estimate of drug-likeness (QED) is 0.793. The number of furan rings is 1. The number of hydrogen-bond donors (Lipinski definition) is 1. The molecule has 2 heterocycles. The molecule has 1 saturated heterocycles. The Kier molecular flexibility index (Phi) is 2.89. The van der Waals surface area contributed by atoms with Crippen LogP contribution in [0, 0.1) is 5.92 Å². The zero-order valence-corrected chi connectivity index (χ0v) is 8.52. The number of rotatable bonds is 3. The molecule has 2 rings (SSSR count). The minimum absolute atomic E-state index is 0.177. The Balaban J connectivity index is 1.84. The van der Waals surface area contributed by atoms with Crippen LogP contribution in [0.2, 0.25) is 0 Å². The highest BCUT2D eigenvalue weighted by Crippen LogP contribution is 2.21. The third kappa shape index (κ3) is 2.16. The lowest BCUT2D eigenvalue weighted by Crippen LogP contribution is -2.23. The predicted octanol–water partition coefficient (Wildman–Crippen LogP) is 1.48. The largest absolute Gasteiger partial charge is 0.472 e. The maximum atomic E-state index is 9.45. The average molecular weight is 195 g/mol. The summed E-state index contributed by atoms with van der Waals surface area (Å²) >= 11 is 0. The van der Waals surface area contributed by atoms with Gasteiger partial charge in [-0.05, 0) is 31.9 Å². The topological polar surface area (TPSA) is 36.6 Å².